The lowest BCUT2D eigenvalue weighted by molar-refractivity contribution is 0.0778. The summed E-state index contributed by atoms with van der Waals surface area (Å²) in [7, 11) is 1.78. The van der Waals surface area contributed by atoms with Crippen LogP contribution in [-0.4, -0.2) is 44.3 Å². The fraction of sp³-hybridized carbons (Fsp3) is 0.619. The van der Waals surface area contributed by atoms with Crippen LogP contribution in [0.2, 0.25) is 0 Å². The van der Waals surface area contributed by atoms with Crippen molar-refractivity contribution in [1.29, 1.82) is 0 Å². The van der Waals surface area contributed by atoms with Crippen LogP contribution in [0.5, 0.6) is 0 Å². The molecule has 0 unspecified atom stereocenters. The van der Waals surface area contributed by atoms with E-state index in [1.54, 1.807) is 18.4 Å². The highest BCUT2D eigenvalue weighted by molar-refractivity contribution is 7.18. The number of rotatable bonds is 10. The quantitative estimate of drug-likeness (QED) is 0.367. The molecule has 148 valence electrons. The third-order valence-corrected chi connectivity index (χ3v) is 6.46. The number of thiazole rings is 1. The molecule has 1 aromatic carbocycles. The van der Waals surface area contributed by atoms with E-state index in [0.29, 0.717) is 5.41 Å². The predicted molar refractivity (Wildman–Crippen MR) is 115 cm³/mol. The van der Waals surface area contributed by atoms with Crippen LogP contribution in [0, 0.1) is 5.41 Å². The number of fused-ring (bicyclic) bond motifs is 1. The summed E-state index contributed by atoms with van der Waals surface area (Å²) < 4.78 is 6.56. The number of aliphatic imine (C=N–C) groups is 1. The minimum Gasteiger partial charge on any atom is -0.385 e. The van der Waals surface area contributed by atoms with Crippen molar-refractivity contribution in [2.75, 3.05) is 33.4 Å². The lowest BCUT2D eigenvalue weighted by Gasteiger charge is -2.40. The number of para-hydroxylation sites is 1. The van der Waals surface area contributed by atoms with Crippen LogP contribution < -0.4 is 10.6 Å². The average Bonchev–Trinajstić information content (AvgIpc) is 3.06. The lowest BCUT2D eigenvalue weighted by Crippen LogP contribution is -2.40. The second-order valence-electron chi connectivity index (χ2n) is 7.40. The molecule has 3 rings (SSSR count). The normalized spacial score (nSPS) is 16.3. The number of hydrogen-bond donors (Lipinski definition) is 2. The Kier molecular flexibility index (Phi) is 7.47. The molecule has 0 atom stereocenters. The number of ether oxygens (including phenoxy) is 1. The van der Waals surface area contributed by atoms with Crippen LogP contribution in [-0.2, 0) is 11.2 Å². The van der Waals surface area contributed by atoms with Crippen LogP contribution in [0.3, 0.4) is 0 Å². The average molecular weight is 389 g/mol. The van der Waals surface area contributed by atoms with E-state index in [1.165, 1.54) is 29.0 Å². The van der Waals surface area contributed by atoms with Crippen molar-refractivity contribution in [2.45, 2.75) is 45.4 Å². The first kappa shape index (κ1) is 20.1. The fourth-order valence-electron chi connectivity index (χ4n) is 3.54. The molecule has 0 bridgehead atoms. The zero-order valence-corrected chi connectivity index (χ0v) is 17.4. The molecule has 1 aliphatic rings. The number of aryl methyl sites for hydroxylation is 1. The largest absolute Gasteiger partial charge is 0.385 e. The summed E-state index contributed by atoms with van der Waals surface area (Å²) in [6.07, 6.45) is 7.05. The van der Waals surface area contributed by atoms with E-state index in [9.17, 15) is 0 Å². The molecule has 1 aromatic heterocycles. The standard InChI is InChI=1S/C21H32N4OS/c1-3-22-20(24-16-21(11-7-12-21)13-15-26-2)23-14-6-10-19-25-17-8-4-5-9-18(17)27-19/h4-5,8-9H,3,6-7,10-16H2,1-2H3,(H2,22,23,24). The van der Waals surface area contributed by atoms with Crippen LogP contribution in [0.25, 0.3) is 10.2 Å². The van der Waals surface area contributed by atoms with Crippen molar-refractivity contribution in [2.24, 2.45) is 10.4 Å². The highest BCUT2D eigenvalue weighted by Crippen LogP contribution is 2.44. The van der Waals surface area contributed by atoms with Gasteiger partial charge in [-0.15, -0.1) is 11.3 Å². The van der Waals surface area contributed by atoms with E-state index in [2.05, 4.69) is 35.8 Å². The molecule has 2 N–H and O–H groups in total. The van der Waals surface area contributed by atoms with Gasteiger partial charge < -0.3 is 15.4 Å². The number of methoxy groups -OCH3 is 1. The van der Waals surface area contributed by atoms with Gasteiger partial charge in [0.1, 0.15) is 0 Å². The van der Waals surface area contributed by atoms with Gasteiger partial charge in [0.05, 0.1) is 15.2 Å². The topological polar surface area (TPSA) is 58.5 Å². The second kappa shape index (κ2) is 10.0. The van der Waals surface area contributed by atoms with Gasteiger partial charge in [0.25, 0.3) is 0 Å². The first-order chi connectivity index (χ1) is 13.2. The van der Waals surface area contributed by atoms with Crippen LogP contribution in [0.15, 0.2) is 29.3 Å². The summed E-state index contributed by atoms with van der Waals surface area (Å²) in [5.41, 5.74) is 1.47. The summed E-state index contributed by atoms with van der Waals surface area (Å²) in [6, 6.07) is 8.36. The maximum atomic E-state index is 5.29. The zero-order valence-electron chi connectivity index (χ0n) is 16.6. The molecule has 6 heteroatoms. The van der Waals surface area contributed by atoms with Crippen molar-refractivity contribution in [3.8, 4) is 0 Å². The van der Waals surface area contributed by atoms with E-state index >= 15 is 0 Å². The van der Waals surface area contributed by atoms with Gasteiger partial charge in [-0.05, 0) is 50.2 Å². The smallest absolute Gasteiger partial charge is 0.191 e. The number of benzene rings is 1. The van der Waals surface area contributed by atoms with E-state index in [-0.39, 0.29) is 0 Å². The van der Waals surface area contributed by atoms with Crippen molar-refractivity contribution < 1.29 is 4.74 Å². The predicted octanol–water partition coefficient (Wildman–Crippen LogP) is 3.99. The van der Waals surface area contributed by atoms with Crippen molar-refractivity contribution in [3.63, 3.8) is 0 Å². The number of guanidine groups is 1. The summed E-state index contributed by atoms with van der Waals surface area (Å²) in [5.74, 6) is 0.936. The molecule has 1 saturated carbocycles. The van der Waals surface area contributed by atoms with Gasteiger partial charge in [-0.3, -0.25) is 4.99 Å². The van der Waals surface area contributed by atoms with Crippen LogP contribution in [0.1, 0.15) is 44.0 Å². The number of nitrogens with one attached hydrogen (secondary N) is 2. The molecule has 0 radical (unpaired) electrons. The SMILES string of the molecule is CCNC(=NCC1(CCOC)CCC1)NCCCc1nc2ccccc2s1. The van der Waals surface area contributed by atoms with Crippen molar-refractivity contribution >= 4 is 27.5 Å². The third-order valence-electron chi connectivity index (χ3n) is 5.37. The summed E-state index contributed by atoms with van der Waals surface area (Å²) in [5, 5.41) is 8.08. The molecule has 0 amide bonds. The van der Waals surface area contributed by atoms with Gasteiger partial charge >= 0.3 is 0 Å². The fourth-order valence-corrected chi connectivity index (χ4v) is 4.55. The molecule has 0 aliphatic heterocycles. The van der Waals surface area contributed by atoms with E-state index in [4.69, 9.17) is 14.7 Å². The van der Waals surface area contributed by atoms with Gasteiger partial charge in [-0.1, -0.05) is 18.6 Å². The third kappa shape index (κ3) is 5.66. The number of hydrogen-bond acceptors (Lipinski definition) is 4. The summed E-state index contributed by atoms with van der Waals surface area (Å²) in [4.78, 5) is 9.58. The molecular weight excluding hydrogens is 356 g/mol. The van der Waals surface area contributed by atoms with Gasteiger partial charge in [0.2, 0.25) is 0 Å². The van der Waals surface area contributed by atoms with E-state index in [0.717, 1.165) is 57.0 Å². The Balaban J connectivity index is 1.46. The van der Waals surface area contributed by atoms with Crippen LogP contribution >= 0.6 is 11.3 Å². The Morgan fingerprint density at radius 1 is 1.30 bits per heavy atom. The Labute approximate surface area is 166 Å². The molecule has 1 fully saturated rings. The minimum atomic E-state index is 0.360. The molecule has 0 saturated heterocycles. The highest BCUT2D eigenvalue weighted by Gasteiger charge is 2.36. The number of nitrogens with zero attached hydrogens (tertiary/aromatic N) is 2. The van der Waals surface area contributed by atoms with Gasteiger partial charge in [-0.25, -0.2) is 4.98 Å². The highest BCUT2D eigenvalue weighted by atomic mass is 32.1. The van der Waals surface area contributed by atoms with Gasteiger partial charge in [0.15, 0.2) is 5.96 Å². The monoisotopic (exact) mass is 388 g/mol. The molecule has 2 aromatic rings. The molecule has 27 heavy (non-hydrogen) atoms. The van der Waals surface area contributed by atoms with E-state index < -0.39 is 0 Å². The second-order valence-corrected chi connectivity index (χ2v) is 8.51. The molecule has 1 heterocycles. The Hall–Kier alpha value is -1.66. The summed E-state index contributed by atoms with van der Waals surface area (Å²) in [6.45, 7) is 5.63. The van der Waals surface area contributed by atoms with E-state index in [1.807, 2.05) is 6.07 Å². The minimum absolute atomic E-state index is 0.360. The maximum Gasteiger partial charge on any atom is 0.191 e. The number of aromatic nitrogens is 1. The van der Waals surface area contributed by atoms with Crippen LogP contribution in [0.4, 0.5) is 0 Å². The Morgan fingerprint density at radius 3 is 2.85 bits per heavy atom. The van der Waals surface area contributed by atoms with Crippen molar-refractivity contribution in [1.82, 2.24) is 15.6 Å². The molecule has 0 spiro atoms. The maximum absolute atomic E-state index is 5.29. The zero-order chi connectivity index (χ0) is 19.0. The molecule has 1 aliphatic carbocycles. The van der Waals surface area contributed by atoms with Crippen molar-refractivity contribution in [3.05, 3.63) is 29.3 Å². The Morgan fingerprint density at radius 2 is 2.15 bits per heavy atom. The van der Waals surface area contributed by atoms with Gasteiger partial charge in [0, 0.05) is 39.8 Å². The first-order valence-corrected chi connectivity index (χ1v) is 10.9. The lowest BCUT2D eigenvalue weighted by atomic mass is 9.67. The summed E-state index contributed by atoms with van der Waals surface area (Å²) >= 11 is 1.80. The molecule has 5 nitrogen and oxygen atoms in total. The van der Waals surface area contributed by atoms with Gasteiger partial charge in [-0.2, -0.15) is 0 Å². The molecular formula is C21H32N4OS. The first-order valence-electron chi connectivity index (χ1n) is 10.1. The Bertz CT molecular complexity index is 706.